The Balaban J connectivity index is 1.59. The van der Waals surface area contributed by atoms with Crippen molar-refractivity contribution >= 4 is 17.7 Å². The summed E-state index contributed by atoms with van der Waals surface area (Å²) in [7, 11) is 0. The number of thioether (sulfide) groups is 1. The molecule has 2 aromatic carbocycles. The Morgan fingerprint density at radius 1 is 1.00 bits per heavy atom. The lowest BCUT2D eigenvalue weighted by atomic mass is 9.79. The fraction of sp³-hybridized carbons (Fsp3) is 0.375. The molecule has 1 aliphatic heterocycles. The molecule has 1 unspecified atom stereocenters. The van der Waals surface area contributed by atoms with Crippen LogP contribution in [0.3, 0.4) is 0 Å². The average Bonchev–Trinajstić information content (AvgIpc) is 3.21. The first-order valence-electron chi connectivity index (χ1n) is 10.0. The maximum Gasteiger partial charge on any atom is 0.348 e. The van der Waals surface area contributed by atoms with Crippen molar-refractivity contribution in [1.82, 2.24) is 0 Å². The molecule has 1 heterocycles. The molecule has 4 heteroatoms. The zero-order valence-electron chi connectivity index (χ0n) is 16.0. The predicted molar refractivity (Wildman–Crippen MR) is 113 cm³/mol. The topological polar surface area (TPSA) is 46.5 Å². The molecule has 0 spiro atoms. The lowest BCUT2D eigenvalue weighted by Crippen LogP contribution is -2.39. The van der Waals surface area contributed by atoms with Crippen molar-refractivity contribution in [1.29, 1.82) is 0 Å². The van der Waals surface area contributed by atoms with Crippen LogP contribution in [0.5, 0.6) is 0 Å². The molecule has 1 N–H and O–H groups in total. The molecule has 0 aromatic heterocycles. The average molecular weight is 395 g/mol. The third-order valence-corrected chi connectivity index (χ3v) is 6.98. The number of carbonyl (C=O) groups is 1. The molecule has 0 saturated heterocycles. The fourth-order valence-electron chi connectivity index (χ4n) is 4.42. The SMILES string of the molecule is O=C1OC(CC2CCCC2)(c2ccccc2)CC(O)=C1SCc1ccccc1. The van der Waals surface area contributed by atoms with Crippen molar-refractivity contribution in [2.24, 2.45) is 5.92 Å². The minimum absolute atomic E-state index is 0.166. The molecular weight excluding hydrogens is 368 g/mol. The number of carbonyl (C=O) groups excluding carboxylic acids is 1. The molecule has 3 nitrogen and oxygen atoms in total. The van der Waals surface area contributed by atoms with Gasteiger partial charge in [0.2, 0.25) is 0 Å². The van der Waals surface area contributed by atoms with E-state index in [2.05, 4.69) is 0 Å². The second kappa shape index (κ2) is 8.44. The van der Waals surface area contributed by atoms with Gasteiger partial charge in [-0.05, 0) is 23.5 Å². The predicted octanol–water partition coefficient (Wildman–Crippen LogP) is 6.11. The van der Waals surface area contributed by atoms with Gasteiger partial charge in [-0.25, -0.2) is 4.79 Å². The summed E-state index contributed by atoms with van der Waals surface area (Å²) in [6.07, 6.45) is 5.96. The van der Waals surface area contributed by atoms with Crippen LogP contribution in [-0.4, -0.2) is 11.1 Å². The van der Waals surface area contributed by atoms with E-state index in [1.54, 1.807) is 0 Å². The van der Waals surface area contributed by atoms with Crippen LogP contribution in [0.25, 0.3) is 0 Å². The highest BCUT2D eigenvalue weighted by molar-refractivity contribution is 8.03. The van der Waals surface area contributed by atoms with Crippen molar-refractivity contribution in [2.45, 2.75) is 49.9 Å². The van der Waals surface area contributed by atoms with Gasteiger partial charge in [0.25, 0.3) is 0 Å². The van der Waals surface area contributed by atoms with Crippen LogP contribution in [0.4, 0.5) is 0 Å². The van der Waals surface area contributed by atoms with Gasteiger partial charge in [0.05, 0.1) is 6.42 Å². The Bertz CT molecular complexity index is 841. The van der Waals surface area contributed by atoms with Crippen LogP contribution >= 0.6 is 11.8 Å². The van der Waals surface area contributed by atoms with Gasteiger partial charge < -0.3 is 9.84 Å². The van der Waals surface area contributed by atoms with Crippen LogP contribution in [-0.2, 0) is 20.9 Å². The summed E-state index contributed by atoms with van der Waals surface area (Å²) in [5.41, 5.74) is 1.34. The lowest BCUT2D eigenvalue weighted by molar-refractivity contribution is -0.161. The number of esters is 1. The summed E-state index contributed by atoms with van der Waals surface area (Å²) in [4.78, 5) is 13.3. The van der Waals surface area contributed by atoms with Gasteiger partial charge in [-0.3, -0.25) is 0 Å². The molecule has 28 heavy (non-hydrogen) atoms. The van der Waals surface area contributed by atoms with Gasteiger partial charge >= 0.3 is 5.97 Å². The van der Waals surface area contributed by atoms with Crippen LogP contribution in [0.2, 0.25) is 0 Å². The second-order valence-corrected chi connectivity index (χ2v) is 8.82. The minimum Gasteiger partial charge on any atom is -0.511 e. The minimum atomic E-state index is -0.756. The lowest BCUT2D eigenvalue weighted by Gasteiger charge is -2.39. The Kier molecular flexibility index (Phi) is 5.77. The van der Waals surface area contributed by atoms with Crippen molar-refractivity contribution < 1.29 is 14.6 Å². The molecule has 1 fully saturated rings. The third-order valence-electron chi connectivity index (χ3n) is 5.81. The van der Waals surface area contributed by atoms with Gasteiger partial charge in [0.15, 0.2) is 0 Å². The molecule has 146 valence electrons. The van der Waals surface area contributed by atoms with Crippen molar-refractivity contribution in [2.75, 3.05) is 0 Å². The molecule has 0 radical (unpaired) electrons. The van der Waals surface area contributed by atoms with Crippen LogP contribution in [0.15, 0.2) is 71.3 Å². The highest BCUT2D eigenvalue weighted by Crippen LogP contribution is 2.47. The van der Waals surface area contributed by atoms with Crippen LogP contribution in [0, 0.1) is 5.92 Å². The smallest absolute Gasteiger partial charge is 0.348 e. The fourth-order valence-corrected chi connectivity index (χ4v) is 5.32. The Morgan fingerprint density at radius 2 is 1.64 bits per heavy atom. The first-order chi connectivity index (χ1) is 13.7. The summed E-state index contributed by atoms with van der Waals surface area (Å²) in [6.45, 7) is 0. The molecule has 0 amide bonds. The first-order valence-corrected chi connectivity index (χ1v) is 11.0. The molecule has 2 aliphatic rings. The highest BCUT2D eigenvalue weighted by atomic mass is 32.2. The van der Waals surface area contributed by atoms with Crippen LogP contribution in [0.1, 0.15) is 49.7 Å². The van der Waals surface area contributed by atoms with Crippen molar-refractivity contribution in [3.63, 3.8) is 0 Å². The number of benzene rings is 2. The zero-order chi connectivity index (χ0) is 19.4. The van der Waals surface area contributed by atoms with E-state index in [9.17, 15) is 9.90 Å². The normalized spacial score (nSPS) is 23.1. The Hall–Kier alpha value is -2.20. The van der Waals surface area contributed by atoms with E-state index >= 15 is 0 Å². The maximum absolute atomic E-state index is 12.9. The van der Waals surface area contributed by atoms with E-state index in [4.69, 9.17) is 4.74 Å². The van der Waals surface area contributed by atoms with E-state index in [0.717, 1.165) is 17.5 Å². The second-order valence-electron chi connectivity index (χ2n) is 7.83. The van der Waals surface area contributed by atoms with E-state index in [0.29, 0.717) is 23.0 Å². The molecule has 1 atom stereocenters. The zero-order valence-corrected chi connectivity index (χ0v) is 16.8. The van der Waals surface area contributed by atoms with Crippen molar-refractivity contribution in [3.05, 3.63) is 82.5 Å². The number of hydrogen-bond acceptors (Lipinski definition) is 4. The summed E-state index contributed by atoms with van der Waals surface area (Å²) >= 11 is 1.36. The summed E-state index contributed by atoms with van der Waals surface area (Å²) < 4.78 is 6.12. The van der Waals surface area contributed by atoms with Gasteiger partial charge in [-0.15, -0.1) is 11.8 Å². The molecule has 1 saturated carbocycles. The summed E-state index contributed by atoms with van der Waals surface area (Å²) in [5.74, 6) is 0.945. The van der Waals surface area contributed by atoms with Gasteiger partial charge in [-0.1, -0.05) is 86.3 Å². The number of ether oxygens (including phenoxy) is 1. The van der Waals surface area contributed by atoms with E-state index in [1.807, 2.05) is 60.7 Å². The van der Waals surface area contributed by atoms with Gasteiger partial charge in [-0.2, -0.15) is 0 Å². The molecular formula is C24H26O3S. The maximum atomic E-state index is 12.9. The van der Waals surface area contributed by atoms with Gasteiger partial charge in [0.1, 0.15) is 16.3 Å². The molecule has 2 aromatic rings. The number of rotatable bonds is 6. The molecule has 4 rings (SSSR count). The standard InChI is InChI=1S/C24H26O3S/c25-21-16-24(15-18-9-7-8-10-18,20-13-5-2-6-14-20)27-23(26)22(21)28-17-19-11-3-1-4-12-19/h1-6,11-14,18,25H,7-10,15-17H2. The van der Waals surface area contributed by atoms with Gasteiger partial charge in [0, 0.05) is 5.75 Å². The first kappa shape index (κ1) is 19.1. The molecule has 0 bridgehead atoms. The third kappa shape index (κ3) is 4.12. The number of aliphatic hydroxyl groups excluding tert-OH is 1. The van der Waals surface area contributed by atoms with E-state index in [1.165, 1.54) is 37.4 Å². The monoisotopic (exact) mass is 394 g/mol. The largest absolute Gasteiger partial charge is 0.511 e. The quantitative estimate of drug-likeness (QED) is 0.600. The Morgan fingerprint density at radius 3 is 2.29 bits per heavy atom. The Labute approximate surface area is 170 Å². The van der Waals surface area contributed by atoms with E-state index in [-0.39, 0.29) is 5.76 Å². The summed E-state index contributed by atoms with van der Waals surface area (Å²) in [6, 6.07) is 19.9. The number of aliphatic hydroxyl groups is 1. The highest BCUT2D eigenvalue weighted by Gasteiger charge is 2.45. The van der Waals surface area contributed by atoms with E-state index < -0.39 is 11.6 Å². The number of cyclic esters (lactones) is 1. The molecule has 1 aliphatic carbocycles. The number of hydrogen-bond donors (Lipinski definition) is 1. The van der Waals surface area contributed by atoms with Crippen LogP contribution < -0.4 is 0 Å². The summed E-state index contributed by atoms with van der Waals surface area (Å²) in [5, 5.41) is 10.8. The van der Waals surface area contributed by atoms with Crippen molar-refractivity contribution in [3.8, 4) is 0 Å².